The van der Waals surface area contributed by atoms with Gasteiger partial charge in [-0.3, -0.25) is 4.79 Å². The van der Waals surface area contributed by atoms with Crippen LogP contribution in [0.4, 0.5) is 8.78 Å². The minimum atomic E-state index is -2.82. The van der Waals surface area contributed by atoms with Gasteiger partial charge < -0.3 is 15.4 Å². The fraction of sp³-hybridized carbons (Fsp3) is 0.562. The Morgan fingerprint density at radius 2 is 2.00 bits per heavy atom. The molecule has 2 rings (SSSR count). The highest BCUT2D eigenvalue weighted by Gasteiger charge is 2.24. The van der Waals surface area contributed by atoms with Gasteiger partial charge in [-0.1, -0.05) is 12.1 Å². The number of carbonyl (C=O) groups excluding carboxylic acids is 1. The lowest BCUT2D eigenvalue weighted by Crippen LogP contribution is -2.47. The van der Waals surface area contributed by atoms with E-state index in [9.17, 15) is 13.6 Å². The van der Waals surface area contributed by atoms with Gasteiger partial charge in [-0.2, -0.15) is 8.78 Å². The molecule has 130 valence electrons. The van der Waals surface area contributed by atoms with Crippen molar-refractivity contribution in [2.75, 3.05) is 13.1 Å². The van der Waals surface area contributed by atoms with E-state index in [1.807, 2.05) is 4.90 Å². The number of hydrogen-bond acceptors (Lipinski definition) is 3. The van der Waals surface area contributed by atoms with Crippen LogP contribution >= 0.6 is 12.4 Å². The number of carbonyl (C=O) groups is 1. The van der Waals surface area contributed by atoms with Gasteiger partial charge in [0.15, 0.2) is 0 Å². The molecule has 0 radical (unpaired) electrons. The van der Waals surface area contributed by atoms with Crippen LogP contribution in [0, 0.1) is 0 Å². The molecule has 0 saturated carbocycles. The predicted octanol–water partition coefficient (Wildman–Crippen LogP) is 2.98. The molecule has 1 amide bonds. The van der Waals surface area contributed by atoms with E-state index >= 15 is 0 Å². The van der Waals surface area contributed by atoms with Crippen LogP contribution in [-0.4, -0.2) is 36.5 Å². The Bertz CT molecular complexity index is 485. The molecule has 1 atom stereocenters. The van der Waals surface area contributed by atoms with E-state index < -0.39 is 6.61 Å². The molecule has 1 aliphatic rings. The minimum absolute atomic E-state index is 0. The summed E-state index contributed by atoms with van der Waals surface area (Å²) in [5.74, 6) is 0.243. The molecule has 1 fully saturated rings. The number of aryl methyl sites for hydroxylation is 1. The number of nitrogens with two attached hydrogens (primary N) is 1. The molecule has 0 aliphatic carbocycles. The standard InChI is InChI=1S/C16H22F2N2O2.ClH/c17-16(18)22-14-7-4-12(5-8-14)6-9-15(21)20-10-2-1-3-13(20)11-19;/h4-5,7-8,13,16H,1-3,6,9-11,19H2;1H. The van der Waals surface area contributed by atoms with Crippen molar-refractivity contribution < 1.29 is 18.3 Å². The second kappa shape index (κ2) is 9.67. The number of ether oxygens (including phenoxy) is 1. The molecule has 7 heteroatoms. The second-order valence-corrected chi connectivity index (χ2v) is 5.49. The summed E-state index contributed by atoms with van der Waals surface area (Å²) in [7, 11) is 0. The number of piperidine rings is 1. The Balaban J connectivity index is 0.00000264. The van der Waals surface area contributed by atoms with Gasteiger partial charge in [0, 0.05) is 25.6 Å². The van der Waals surface area contributed by atoms with E-state index in [1.165, 1.54) is 12.1 Å². The highest BCUT2D eigenvalue weighted by Crippen LogP contribution is 2.19. The maximum absolute atomic E-state index is 12.3. The summed E-state index contributed by atoms with van der Waals surface area (Å²) in [5.41, 5.74) is 6.65. The average molecular weight is 349 g/mol. The molecule has 23 heavy (non-hydrogen) atoms. The number of hydrogen-bond donors (Lipinski definition) is 1. The quantitative estimate of drug-likeness (QED) is 0.859. The Morgan fingerprint density at radius 3 is 2.61 bits per heavy atom. The topological polar surface area (TPSA) is 55.6 Å². The first-order chi connectivity index (χ1) is 10.6. The van der Waals surface area contributed by atoms with Gasteiger partial charge in [-0.25, -0.2) is 0 Å². The SMILES string of the molecule is Cl.NCC1CCCCN1C(=O)CCc1ccc(OC(F)F)cc1. The van der Waals surface area contributed by atoms with Crippen LogP contribution < -0.4 is 10.5 Å². The van der Waals surface area contributed by atoms with Crippen molar-refractivity contribution in [2.24, 2.45) is 5.73 Å². The van der Waals surface area contributed by atoms with Crippen LogP contribution in [0.5, 0.6) is 5.75 Å². The molecule has 4 nitrogen and oxygen atoms in total. The molecule has 1 aromatic carbocycles. The van der Waals surface area contributed by atoms with Crippen molar-refractivity contribution >= 4 is 18.3 Å². The van der Waals surface area contributed by atoms with E-state index in [-0.39, 0.29) is 30.1 Å². The monoisotopic (exact) mass is 348 g/mol. The molecule has 2 N–H and O–H groups in total. The third kappa shape index (κ3) is 5.95. The van der Waals surface area contributed by atoms with Crippen molar-refractivity contribution in [1.29, 1.82) is 0 Å². The van der Waals surface area contributed by atoms with Crippen LogP contribution in [-0.2, 0) is 11.2 Å². The smallest absolute Gasteiger partial charge is 0.387 e. The molecule has 1 aliphatic heterocycles. The zero-order valence-corrected chi connectivity index (χ0v) is 13.7. The van der Waals surface area contributed by atoms with E-state index in [0.29, 0.717) is 19.4 Å². The van der Waals surface area contributed by atoms with Crippen molar-refractivity contribution in [3.8, 4) is 5.75 Å². The lowest BCUT2D eigenvalue weighted by Gasteiger charge is -2.35. The molecular formula is C16H23ClF2N2O2. The third-order valence-electron chi connectivity index (χ3n) is 4.00. The Hall–Kier alpha value is -1.40. The number of halogens is 3. The fourth-order valence-corrected chi connectivity index (χ4v) is 2.81. The van der Waals surface area contributed by atoms with Gasteiger partial charge in [-0.15, -0.1) is 12.4 Å². The summed E-state index contributed by atoms with van der Waals surface area (Å²) in [5, 5.41) is 0. The summed E-state index contributed by atoms with van der Waals surface area (Å²) in [6, 6.07) is 6.57. The number of alkyl halides is 2. The van der Waals surface area contributed by atoms with Gasteiger partial charge in [0.1, 0.15) is 5.75 Å². The summed E-state index contributed by atoms with van der Waals surface area (Å²) in [4.78, 5) is 14.2. The molecular weight excluding hydrogens is 326 g/mol. The van der Waals surface area contributed by atoms with Crippen LogP contribution in [0.15, 0.2) is 24.3 Å². The highest BCUT2D eigenvalue weighted by atomic mass is 35.5. The summed E-state index contributed by atoms with van der Waals surface area (Å²) < 4.78 is 28.4. The highest BCUT2D eigenvalue weighted by molar-refractivity contribution is 5.85. The molecule has 1 heterocycles. The minimum Gasteiger partial charge on any atom is -0.435 e. The van der Waals surface area contributed by atoms with Crippen molar-refractivity contribution in [3.05, 3.63) is 29.8 Å². The van der Waals surface area contributed by atoms with Crippen molar-refractivity contribution in [1.82, 2.24) is 4.90 Å². The number of rotatable bonds is 6. The lowest BCUT2D eigenvalue weighted by molar-refractivity contribution is -0.134. The van der Waals surface area contributed by atoms with Gasteiger partial charge in [0.25, 0.3) is 0 Å². The van der Waals surface area contributed by atoms with E-state index in [2.05, 4.69) is 4.74 Å². The van der Waals surface area contributed by atoms with Crippen molar-refractivity contribution in [2.45, 2.75) is 44.8 Å². The number of amides is 1. The Labute approximate surface area is 141 Å². The van der Waals surface area contributed by atoms with Gasteiger partial charge in [0.2, 0.25) is 5.91 Å². The maximum atomic E-state index is 12.3. The van der Waals surface area contributed by atoms with Gasteiger partial charge >= 0.3 is 6.61 Å². The molecule has 1 unspecified atom stereocenters. The van der Waals surface area contributed by atoms with Crippen LogP contribution in [0.2, 0.25) is 0 Å². The summed E-state index contributed by atoms with van der Waals surface area (Å²) >= 11 is 0. The maximum Gasteiger partial charge on any atom is 0.387 e. The number of nitrogens with zero attached hydrogens (tertiary/aromatic N) is 1. The first kappa shape index (κ1) is 19.6. The van der Waals surface area contributed by atoms with Crippen molar-refractivity contribution in [3.63, 3.8) is 0 Å². The second-order valence-electron chi connectivity index (χ2n) is 5.49. The summed E-state index contributed by atoms with van der Waals surface area (Å²) in [6.45, 7) is -1.53. The van der Waals surface area contributed by atoms with Crippen LogP contribution in [0.25, 0.3) is 0 Å². The zero-order valence-electron chi connectivity index (χ0n) is 12.9. The number of benzene rings is 1. The first-order valence-electron chi connectivity index (χ1n) is 7.63. The van der Waals surface area contributed by atoms with Crippen LogP contribution in [0.1, 0.15) is 31.2 Å². The van der Waals surface area contributed by atoms with E-state index in [0.717, 1.165) is 31.4 Å². The van der Waals surface area contributed by atoms with Crippen LogP contribution in [0.3, 0.4) is 0 Å². The number of likely N-dealkylation sites (tertiary alicyclic amines) is 1. The molecule has 0 bridgehead atoms. The normalized spacial score (nSPS) is 17.7. The molecule has 0 spiro atoms. The first-order valence-corrected chi connectivity index (χ1v) is 7.63. The van der Waals surface area contributed by atoms with Gasteiger partial charge in [0.05, 0.1) is 0 Å². The zero-order chi connectivity index (χ0) is 15.9. The lowest BCUT2D eigenvalue weighted by atomic mass is 10.0. The largest absolute Gasteiger partial charge is 0.435 e. The molecule has 1 aromatic rings. The third-order valence-corrected chi connectivity index (χ3v) is 4.00. The Kier molecular flexibility index (Phi) is 8.26. The van der Waals surface area contributed by atoms with E-state index in [4.69, 9.17) is 5.73 Å². The summed E-state index contributed by atoms with van der Waals surface area (Å²) in [6.07, 6.45) is 4.12. The Morgan fingerprint density at radius 1 is 1.30 bits per heavy atom. The fourth-order valence-electron chi connectivity index (χ4n) is 2.81. The molecule has 0 aromatic heterocycles. The molecule has 1 saturated heterocycles. The average Bonchev–Trinajstić information content (AvgIpc) is 2.53. The predicted molar refractivity (Wildman–Crippen MR) is 87.0 cm³/mol. The van der Waals surface area contributed by atoms with Gasteiger partial charge in [-0.05, 0) is 43.4 Å². The van der Waals surface area contributed by atoms with E-state index in [1.54, 1.807) is 12.1 Å².